The number of aromatic amines is 2. The second-order valence-electron chi connectivity index (χ2n) is 10.7. The highest BCUT2D eigenvalue weighted by Crippen LogP contribution is 2.21. The van der Waals surface area contributed by atoms with Gasteiger partial charge >= 0.3 is 5.69 Å². The van der Waals surface area contributed by atoms with Gasteiger partial charge in [-0.25, -0.2) is 4.79 Å². The predicted molar refractivity (Wildman–Crippen MR) is 155 cm³/mol. The number of anilines is 1. The third kappa shape index (κ3) is 13.2. The van der Waals surface area contributed by atoms with Gasteiger partial charge in [0, 0.05) is 18.8 Å². The molecule has 0 aliphatic carbocycles. The van der Waals surface area contributed by atoms with E-state index in [9.17, 15) is 4.79 Å². The molecule has 0 spiro atoms. The molecule has 0 saturated heterocycles. The van der Waals surface area contributed by atoms with E-state index in [1.54, 1.807) is 0 Å². The summed E-state index contributed by atoms with van der Waals surface area (Å²) < 4.78 is 0. The summed E-state index contributed by atoms with van der Waals surface area (Å²) in [5, 5.41) is 0. The lowest BCUT2D eigenvalue weighted by atomic mass is 10.1. The average Bonchev–Trinajstić information content (AvgIpc) is 3.24. The molecule has 1 aromatic carbocycles. The normalized spacial score (nSPS) is 11.5. The summed E-state index contributed by atoms with van der Waals surface area (Å²) >= 11 is 0. The summed E-state index contributed by atoms with van der Waals surface area (Å²) in [6, 6.07) is 6.38. The maximum absolute atomic E-state index is 11.7. The van der Waals surface area contributed by atoms with E-state index >= 15 is 0 Å². The topological polar surface area (TPSA) is 51.9 Å². The number of fused-ring (bicyclic) bond motifs is 1. The number of aromatic nitrogens is 2. The fourth-order valence-corrected chi connectivity index (χ4v) is 5.17. The number of benzene rings is 1. The Hall–Kier alpha value is -1.71. The number of imidazole rings is 1. The third-order valence-electron chi connectivity index (χ3n) is 7.43. The van der Waals surface area contributed by atoms with Gasteiger partial charge in [-0.05, 0) is 31.0 Å². The highest BCUT2D eigenvalue weighted by atomic mass is 16.1. The van der Waals surface area contributed by atoms with Crippen LogP contribution in [-0.2, 0) is 0 Å². The van der Waals surface area contributed by atoms with Gasteiger partial charge in [-0.1, -0.05) is 129 Å². The maximum atomic E-state index is 11.7. The number of hydrogen-bond acceptors (Lipinski definition) is 2. The summed E-state index contributed by atoms with van der Waals surface area (Å²) in [5.41, 5.74) is 2.95. The monoisotopic (exact) mass is 485 g/mol. The van der Waals surface area contributed by atoms with E-state index in [-0.39, 0.29) is 5.69 Å². The van der Waals surface area contributed by atoms with Crippen LogP contribution in [-0.4, -0.2) is 23.1 Å². The van der Waals surface area contributed by atoms with Crippen molar-refractivity contribution >= 4 is 16.7 Å². The Kier molecular flexibility index (Phi) is 16.4. The Balaban J connectivity index is 1.69. The van der Waals surface area contributed by atoms with Gasteiger partial charge < -0.3 is 14.9 Å². The molecule has 2 N–H and O–H groups in total. The number of nitrogens with zero attached hydrogens (tertiary/aromatic N) is 1. The summed E-state index contributed by atoms with van der Waals surface area (Å²) in [7, 11) is 0. The largest absolute Gasteiger partial charge is 0.371 e. The zero-order valence-corrected chi connectivity index (χ0v) is 23.1. The van der Waals surface area contributed by atoms with Crippen LogP contribution in [0.25, 0.3) is 11.0 Å². The van der Waals surface area contributed by atoms with Crippen LogP contribution in [0.4, 0.5) is 5.69 Å². The van der Waals surface area contributed by atoms with Crippen molar-refractivity contribution in [1.82, 2.24) is 9.97 Å². The Morgan fingerprint density at radius 2 is 0.943 bits per heavy atom. The van der Waals surface area contributed by atoms with Crippen LogP contribution in [0.15, 0.2) is 23.0 Å². The number of nitrogens with one attached hydrogen (secondary N) is 2. The lowest BCUT2D eigenvalue weighted by Crippen LogP contribution is -2.25. The van der Waals surface area contributed by atoms with Crippen molar-refractivity contribution in [2.24, 2.45) is 0 Å². The van der Waals surface area contributed by atoms with Gasteiger partial charge in [0.05, 0.1) is 11.0 Å². The molecule has 0 amide bonds. The molecule has 200 valence electrons. The first-order valence-electron chi connectivity index (χ1n) is 15.2. The minimum Gasteiger partial charge on any atom is -0.371 e. The zero-order valence-electron chi connectivity index (χ0n) is 23.1. The summed E-state index contributed by atoms with van der Waals surface area (Å²) in [6.07, 6.45) is 27.5. The van der Waals surface area contributed by atoms with Crippen LogP contribution in [0.2, 0.25) is 0 Å². The third-order valence-corrected chi connectivity index (χ3v) is 7.43. The molecule has 0 fully saturated rings. The number of hydrogen-bond donors (Lipinski definition) is 2. The highest BCUT2D eigenvalue weighted by Gasteiger charge is 2.09. The molecule has 35 heavy (non-hydrogen) atoms. The second-order valence-corrected chi connectivity index (χ2v) is 10.7. The molecule has 0 atom stereocenters. The quantitative estimate of drug-likeness (QED) is 0.154. The SMILES string of the molecule is CCCCCCCCCCCCN(CCCCCCCCCCCC)c1ccc2[nH]c(=O)[nH]c2c1. The second kappa shape index (κ2) is 19.5. The molecule has 0 saturated carbocycles. The molecule has 1 aromatic heterocycles. The van der Waals surface area contributed by atoms with Crippen LogP contribution in [0.5, 0.6) is 0 Å². The van der Waals surface area contributed by atoms with Crippen LogP contribution in [0.1, 0.15) is 142 Å². The van der Waals surface area contributed by atoms with Gasteiger partial charge in [0.15, 0.2) is 0 Å². The molecule has 0 radical (unpaired) electrons. The molecule has 0 aliphatic heterocycles. The summed E-state index contributed by atoms with van der Waals surface area (Å²) in [6.45, 7) is 6.81. The predicted octanol–water partition coefficient (Wildman–Crippen LogP) is 9.50. The number of rotatable bonds is 23. The summed E-state index contributed by atoms with van der Waals surface area (Å²) in [5.74, 6) is 0. The molecule has 2 aromatic rings. The number of unbranched alkanes of at least 4 members (excludes halogenated alkanes) is 18. The van der Waals surface area contributed by atoms with Crippen LogP contribution in [0.3, 0.4) is 0 Å². The van der Waals surface area contributed by atoms with Crippen molar-refractivity contribution in [2.45, 2.75) is 142 Å². The molecular weight excluding hydrogens is 430 g/mol. The van der Waals surface area contributed by atoms with Crippen molar-refractivity contribution in [3.8, 4) is 0 Å². The van der Waals surface area contributed by atoms with Gasteiger partial charge in [0.2, 0.25) is 0 Å². The summed E-state index contributed by atoms with van der Waals surface area (Å²) in [4.78, 5) is 20.0. The van der Waals surface area contributed by atoms with Crippen molar-refractivity contribution in [3.63, 3.8) is 0 Å². The van der Waals surface area contributed by atoms with Gasteiger partial charge in [0.25, 0.3) is 0 Å². The van der Waals surface area contributed by atoms with Gasteiger partial charge in [0.1, 0.15) is 0 Å². The standard InChI is InChI=1S/C31H55N3O/c1-3-5-7-9-11-13-15-17-19-21-25-34(26-22-20-18-16-14-12-10-8-6-4-2)28-23-24-29-30(27-28)33-31(35)32-29/h23-24,27H,3-22,25-26H2,1-2H3,(H2,32,33,35). The first-order valence-corrected chi connectivity index (χ1v) is 15.2. The van der Waals surface area contributed by atoms with Crippen LogP contribution >= 0.6 is 0 Å². The maximum Gasteiger partial charge on any atom is 0.323 e. The zero-order chi connectivity index (χ0) is 25.0. The van der Waals surface area contributed by atoms with Gasteiger partial charge in [-0.3, -0.25) is 0 Å². The van der Waals surface area contributed by atoms with Gasteiger partial charge in [-0.2, -0.15) is 0 Å². The first kappa shape index (κ1) is 29.5. The smallest absolute Gasteiger partial charge is 0.323 e. The van der Waals surface area contributed by atoms with Crippen LogP contribution in [0, 0.1) is 0 Å². The minimum absolute atomic E-state index is 0.118. The van der Waals surface area contributed by atoms with Crippen LogP contribution < -0.4 is 10.6 Å². The minimum atomic E-state index is -0.118. The van der Waals surface area contributed by atoms with Crippen molar-refractivity contribution in [1.29, 1.82) is 0 Å². The molecule has 0 unspecified atom stereocenters. The Morgan fingerprint density at radius 1 is 0.543 bits per heavy atom. The molecular formula is C31H55N3O. The van der Waals surface area contributed by atoms with Crippen molar-refractivity contribution in [3.05, 3.63) is 28.7 Å². The van der Waals surface area contributed by atoms with E-state index in [1.165, 1.54) is 134 Å². The fourth-order valence-electron chi connectivity index (χ4n) is 5.17. The lowest BCUT2D eigenvalue weighted by Gasteiger charge is -2.25. The Morgan fingerprint density at radius 3 is 1.40 bits per heavy atom. The molecule has 0 aliphatic rings. The van der Waals surface area contributed by atoms with E-state index in [0.717, 1.165) is 24.1 Å². The molecule has 4 heteroatoms. The lowest BCUT2D eigenvalue weighted by molar-refractivity contribution is 0.543. The van der Waals surface area contributed by atoms with E-state index in [1.807, 2.05) is 6.07 Å². The fraction of sp³-hybridized carbons (Fsp3) is 0.774. The van der Waals surface area contributed by atoms with Gasteiger partial charge in [-0.15, -0.1) is 0 Å². The first-order chi connectivity index (χ1) is 17.2. The average molecular weight is 486 g/mol. The van der Waals surface area contributed by atoms with E-state index in [0.29, 0.717) is 0 Å². The van der Waals surface area contributed by atoms with E-state index < -0.39 is 0 Å². The van der Waals surface area contributed by atoms with Crippen molar-refractivity contribution in [2.75, 3.05) is 18.0 Å². The Labute approximate surface area is 215 Å². The van der Waals surface area contributed by atoms with E-state index in [2.05, 4.69) is 40.8 Å². The van der Waals surface area contributed by atoms with Crippen molar-refractivity contribution < 1.29 is 0 Å². The molecule has 1 heterocycles. The Bertz CT molecular complexity index is 785. The molecule has 4 nitrogen and oxygen atoms in total. The highest BCUT2D eigenvalue weighted by molar-refractivity contribution is 5.79. The number of H-pyrrole nitrogens is 2. The molecule has 0 bridgehead atoms. The molecule has 2 rings (SSSR count). The van der Waals surface area contributed by atoms with E-state index in [4.69, 9.17) is 0 Å².